The Morgan fingerprint density at radius 3 is 2.80 bits per heavy atom. The van der Waals surface area contributed by atoms with Crippen LogP contribution in [0.25, 0.3) is 11.2 Å². The van der Waals surface area contributed by atoms with Gasteiger partial charge in [-0.1, -0.05) is 0 Å². The lowest BCUT2D eigenvalue weighted by Crippen LogP contribution is -2.32. The van der Waals surface area contributed by atoms with Crippen LogP contribution in [0.3, 0.4) is 0 Å². The molecule has 0 bridgehead atoms. The summed E-state index contributed by atoms with van der Waals surface area (Å²) in [6, 6.07) is 0. The predicted molar refractivity (Wildman–Crippen MR) is 75.9 cm³/mol. The highest BCUT2D eigenvalue weighted by Gasteiger charge is 2.17. The molecule has 1 aliphatic rings. The number of aryl methyl sites for hydroxylation is 1. The Morgan fingerprint density at radius 2 is 2.10 bits per heavy atom. The lowest BCUT2D eigenvalue weighted by atomic mass is 9.98. The third kappa shape index (κ3) is 2.18. The quantitative estimate of drug-likeness (QED) is 0.821. The van der Waals surface area contributed by atoms with Crippen LogP contribution in [0.15, 0.2) is 15.9 Å². The number of aromatic nitrogens is 4. The van der Waals surface area contributed by atoms with E-state index in [1.165, 1.54) is 4.57 Å². The number of nitrogens with zero attached hydrogens (tertiary/aromatic N) is 3. The van der Waals surface area contributed by atoms with E-state index in [0.717, 1.165) is 32.5 Å². The van der Waals surface area contributed by atoms with Gasteiger partial charge in [-0.2, -0.15) is 0 Å². The molecule has 20 heavy (non-hydrogen) atoms. The molecule has 0 radical (unpaired) electrons. The Hall–Kier alpha value is -1.89. The van der Waals surface area contributed by atoms with Crippen LogP contribution >= 0.6 is 0 Å². The highest BCUT2D eigenvalue weighted by molar-refractivity contribution is 5.69. The van der Waals surface area contributed by atoms with Crippen molar-refractivity contribution in [2.45, 2.75) is 32.9 Å². The summed E-state index contributed by atoms with van der Waals surface area (Å²) in [5.41, 5.74) is 0.249. The topological polar surface area (TPSA) is 84.7 Å². The van der Waals surface area contributed by atoms with E-state index >= 15 is 0 Å². The van der Waals surface area contributed by atoms with Crippen LogP contribution in [0, 0.1) is 5.92 Å². The molecular weight excluding hydrogens is 258 g/mol. The number of piperidine rings is 1. The first kappa shape index (κ1) is 13.1. The van der Waals surface area contributed by atoms with Crippen LogP contribution in [-0.2, 0) is 13.1 Å². The monoisotopic (exact) mass is 277 g/mol. The SMILES string of the molecule is CCn1c(=O)[nH]c(=O)c2c1ncn2CC1CCNCC1. The number of hydrogen-bond donors (Lipinski definition) is 2. The first-order valence-corrected chi connectivity index (χ1v) is 7.09. The molecule has 2 aromatic heterocycles. The molecule has 1 fully saturated rings. The lowest BCUT2D eigenvalue weighted by Gasteiger charge is -2.22. The van der Waals surface area contributed by atoms with E-state index in [4.69, 9.17) is 0 Å². The average molecular weight is 277 g/mol. The average Bonchev–Trinajstić information content (AvgIpc) is 2.84. The summed E-state index contributed by atoms with van der Waals surface area (Å²) in [5, 5.41) is 3.33. The maximum Gasteiger partial charge on any atom is 0.330 e. The summed E-state index contributed by atoms with van der Waals surface area (Å²) in [7, 11) is 0. The van der Waals surface area contributed by atoms with Gasteiger partial charge in [0.15, 0.2) is 11.2 Å². The summed E-state index contributed by atoms with van der Waals surface area (Å²) in [6.07, 6.45) is 3.88. The molecule has 3 heterocycles. The third-order valence-electron chi connectivity index (χ3n) is 3.98. The normalized spacial score (nSPS) is 16.9. The Balaban J connectivity index is 2.04. The zero-order valence-corrected chi connectivity index (χ0v) is 11.6. The van der Waals surface area contributed by atoms with Crippen molar-refractivity contribution in [1.82, 2.24) is 24.4 Å². The number of fused-ring (bicyclic) bond motifs is 1. The number of nitrogens with one attached hydrogen (secondary N) is 2. The standard InChI is InChI=1S/C13H19N5O2/c1-2-18-11-10(12(19)16-13(18)20)17(8-15-11)7-9-3-5-14-6-4-9/h8-9,14H,2-7H2,1H3,(H,16,19,20). The van der Waals surface area contributed by atoms with Crippen molar-refractivity contribution >= 4 is 11.2 Å². The van der Waals surface area contributed by atoms with Gasteiger partial charge in [0.05, 0.1) is 6.33 Å². The number of rotatable bonds is 3. The molecule has 7 nitrogen and oxygen atoms in total. The minimum atomic E-state index is -0.392. The Bertz CT molecular complexity index is 720. The van der Waals surface area contributed by atoms with Gasteiger partial charge in [-0.3, -0.25) is 14.3 Å². The van der Waals surface area contributed by atoms with Crippen molar-refractivity contribution in [3.63, 3.8) is 0 Å². The van der Waals surface area contributed by atoms with Gasteiger partial charge in [-0.15, -0.1) is 0 Å². The minimum Gasteiger partial charge on any atom is -0.324 e. The highest BCUT2D eigenvalue weighted by Crippen LogP contribution is 2.16. The van der Waals surface area contributed by atoms with E-state index in [0.29, 0.717) is 23.6 Å². The summed E-state index contributed by atoms with van der Waals surface area (Å²) in [5.74, 6) is 0.551. The Labute approximate surface area is 115 Å². The van der Waals surface area contributed by atoms with Crippen molar-refractivity contribution in [3.8, 4) is 0 Å². The van der Waals surface area contributed by atoms with Crippen LogP contribution in [-0.4, -0.2) is 32.2 Å². The second kappa shape index (κ2) is 5.24. The molecule has 7 heteroatoms. The van der Waals surface area contributed by atoms with Gasteiger partial charge in [0.2, 0.25) is 0 Å². The van der Waals surface area contributed by atoms with Crippen molar-refractivity contribution in [3.05, 3.63) is 27.2 Å². The molecule has 0 aliphatic carbocycles. The van der Waals surface area contributed by atoms with Crippen molar-refractivity contribution in [2.75, 3.05) is 13.1 Å². The molecule has 0 aromatic carbocycles. The molecule has 0 saturated carbocycles. The van der Waals surface area contributed by atoms with Gasteiger partial charge in [-0.05, 0) is 38.8 Å². The maximum atomic E-state index is 12.0. The first-order valence-electron chi connectivity index (χ1n) is 7.09. The zero-order valence-electron chi connectivity index (χ0n) is 11.6. The Kier molecular flexibility index (Phi) is 3.43. The van der Waals surface area contributed by atoms with E-state index in [9.17, 15) is 9.59 Å². The van der Waals surface area contributed by atoms with Crippen molar-refractivity contribution in [2.24, 2.45) is 5.92 Å². The molecule has 3 rings (SSSR count). The van der Waals surface area contributed by atoms with E-state index < -0.39 is 5.69 Å². The van der Waals surface area contributed by atoms with Gasteiger partial charge in [0, 0.05) is 13.1 Å². The van der Waals surface area contributed by atoms with Gasteiger partial charge >= 0.3 is 5.69 Å². The van der Waals surface area contributed by atoms with Crippen LogP contribution in [0.1, 0.15) is 19.8 Å². The summed E-state index contributed by atoms with van der Waals surface area (Å²) < 4.78 is 3.38. The molecule has 0 atom stereocenters. The second-order valence-corrected chi connectivity index (χ2v) is 5.27. The van der Waals surface area contributed by atoms with Crippen LogP contribution in [0.4, 0.5) is 0 Å². The van der Waals surface area contributed by atoms with E-state index in [-0.39, 0.29) is 5.56 Å². The fourth-order valence-electron chi connectivity index (χ4n) is 2.90. The summed E-state index contributed by atoms with van der Waals surface area (Å²) >= 11 is 0. The molecule has 2 N–H and O–H groups in total. The van der Waals surface area contributed by atoms with Gasteiger partial charge < -0.3 is 9.88 Å². The third-order valence-corrected chi connectivity index (χ3v) is 3.98. The van der Waals surface area contributed by atoms with Crippen LogP contribution in [0.2, 0.25) is 0 Å². The highest BCUT2D eigenvalue weighted by atomic mass is 16.2. The lowest BCUT2D eigenvalue weighted by molar-refractivity contribution is 0.336. The zero-order chi connectivity index (χ0) is 14.1. The first-order chi connectivity index (χ1) is 9.70. The van der Waals surface area contributed by atoms with Gasteiger partial charge in [0.1, 0.15) is 0 Å². The fourth-order valence-corrected chi connectivity index (χ4v) is 2.90. The van der Waals surface area contributed by atoms with Crippen LogP contribution < -0.4 is 16.6 Å². The molecule has 2 aromatic rings. The molecule has 0 amide bonds. The smallest absolute Gasteiger partial charge is 0.324 e. The van der Waals surface area contributed by atoms with E-state index in [1.807, 2.05) is 11.5 Å². The van der Waals surface area contributed by atoms with Crippen LogP contribution in [0.5, 0.6) is 0 Å². The summed E-state index contributed by atoms with van der Waals surface area (Å²) in [6.45, 7) is 5.19. The van der Waals surface area contributed by atoms with Crippen molar-refractivity contribution in [1.29, 1.82) is 0 Å². The Morgan fingerprint density at radius 1 is 1.35 bits per heavy atom. The number of aromatic amines is 1. The second-order valence-electron chi connectivity index (χ2n) is 5.27. The van der Waals surface area contributed by atoms with E-state index in [2.05, 4.69) is 15.3 Å². The molecule has 0 spiro atoms. The van der Waals surface area contributed by atoms with E-state index in [1.54, 1.807) is 6.33 Å². The molecule has 1 aliphatic heterocycles. The summed E-state index contributed by atoms with van der Waals surface area (Å²) in [4.78, 5) is 30.4. The minimum absolute atomic E-state index is 0.346. The predicted octanol–water partition coefficient (Wildman–Crippen LogP) is -0.0942. The largest absolute Gasteiger partial charge is 0.330 e. The molecule has 1 saturated heterocycles. The van der Waals surface area contributed by atoms with Gasteiger partial charge in [-0.25, -0.2) is 9.78 Å². The molecular formula is C13H19N5O2. The fraction of sp³-hybridized carbons (Fsp3) is 0.615. The number of imidazole rings is 1. The number of hydrogen-bond acceptors (Lipinski definition) is 4. The van der Waals surface area contributed by atoms with Gasteiger partial charge in [0.25, 0.3) is 5.56 Å². The maximum absolute atomic E-state index is 12.0. The number of H-pyrrole nitrogens is 1. The molecule has 0 unspecified atom stereocenters. The van der Waals surface area contributed by atoms with Crippen molar-refractivity contribution < 1.29 is 0 Å². The molecule has 108 valence electrons.